The zero-order valence-electron chi connectivity index (χ0n) is 10.8. The summed E-state index contributed by atoms with van der Waals surface area (Å²) in [4.78, 5) is 17.2. The second kappa shape index (κ2) is 6.15. The van der Waals surface area contributed by atoms with Crippen molar-refractivity contribution in [2.45, 2.75) is 0 Å². The lowest BCUT2D eigenvalue weighted by molar-refractivity contribution is 0.222. The zero-order valence-corrected chi connectivity index (χ0v) is 10.8. The lowest BCUT2D eigenvalue weighted by Crippen LogP contribution is -2.43. The summed E-state index contributed by atoms with van der Waals surface area (Å²) in [5.41, 5.74) is 0. The van der Waals surface area contributed by atoms with Crippen LogP contribution in [0.15, 0.2) is 18.3 Å². The second-order valence-electron chi connectivity index (χ2n) is 4.21. The van der Waals surface area contributed by atoms with Crippen LogP contribution >= 0.6 is 0 Å². The molecule has 6 heteroatoms. The van der Waals surface area contributed by atoms with Crippen molar-refractivity contribution < 1.29 is 4.79 Å². The molecule has 6 nitrogen and oxygen atoms in total. The van der Waals surface area contributed by atoms with E-state index in [-0.39, 0.29) is 6.03 Å². The third-order valence-corrected chi connectivity index (χ3v) is 2.22. The maximum Gasteiger partial charge on any atom is 0.325 e. The Labute approximate surface area is 102 Å². The number of hydrogen-bond donors (Lipinski definition) is 0. The van der Waals surface area contributed by atoms with Crippen LogP contribution in [-0.4, -0.2) is 67.3 Å². The van der Waals surface area contributed by atoms with Crippen molar-refractivity contribution in [3.8, 4) is 0 Å². The smallest absolute Gasteiger partial charge is 0.325 e. The first-order valence-electron chi connectivity index (χ1n) is 5.43. The molecule has 0 unspecified atom stereocenters. The van der Waals surface area contributed by atoms with E-state index < -0.39 is 0 Å². The Kier molecular flexibility index (Phi) is 4.84. The minimum absolute atomic E-state index is 0.0904. The van der Waals surface area contributed by atoms with Crippen LogP contribution in [-0.2, 0) is 0 Å². The lowest BCUT2D eigenvalue weighted by Gasteiger charge is -2.25. The van der Waals surface area contributed by atoms with E-state index in [0.717, 1.165) is 6.54 Å². The van der Waals surface area contributed by atoms with Gasteiger partial charge in [0.15, 0.2) is 5.82 Å². The number of aromatic nitrogens is 2. The van der Waals surface area contributed by atoms with Gasteiger partial charge in [-0.05, 0) is 26.2 Å². The highest BCUT2D eigenvalue weighted by molar-refractivity contribution is 5.90. The maximum atomic E-state index is 12.0. The van der Waals surface area contributed by atoms with Crippen LogP contribution in [0.2, 0.25) is 0 Å². The van der Waals surface area contributed by atoms with E-state index in [4.69, 9.17) is 0 Å². The molecule has 0 N–H and O–H groups in total. The van der Waals surface area contributed by atoms with Gasteiger partial charge in [0.2, 0.25) is 0 Å². The number of carbonyl (C=O) groups excluding carboxylic acids is 1. The average Bonchev–Trinajstić information content (AvgIpc) is 2.30. The Balaban J connectivity index is 2.83. The average molecular weight is 237 g/mol. The van der Waals surface area contributed by atoms with E-state index in [1.807, 2.05) is 19.0 Å². The highest BCUT2D eigenvalue weighted by atomic mass is 16.2. The topological polar surface area (TPSA) is 52.6 Å². The van der Waals surface area contributed by atoms with E-state index in [2.05, 4.69) is 10.2 Å². The Morgan fingerprint density at radius 3 is 2.41 bits per heavy atom. The predicted octanol–water partition coefficient (Wildman–Crippen LogP) is 0.526. The van der Waals surface area contributed by atoms with Gasteiger partial charge in [0.05, 0.1) is 0 Å². The summed E-state index contributed by atoms with van der Waals surface area (Å²) in [5.74, 6) is 0.577. The summed E-state index contributed by atoms with van der Waals surface area (Å²) in [7, 11) is 7.38. The summed E-state index contributed by atoms with van der Waals surface area (Å²) in [6.07, 6.45) is 1.59. The molecule has 0 radical (unpaired) electrons. The normalized spacial score (nSPS) is 10.4. The first-order valence-corrected chi connectivity index (χ1v) is 5.43. The largest absolute Gasteiger partial charge is 0.330 e. The number of carbonyl (C=O) groups is 1. The molecule has 0 aliphatic heterocycles. The van der Waals surface area contributed by atoms with Crippen molar-refractivity contribution in [1.29, 1.82) is 0 Å². The van der Waals surface area contributed by atoms with Gasteiger partial charge in [-0.2, -0.15) is 5.10 Å². The van der Waals surface area contributed by atoms with Crippen molar-refractivity contribution in [3.05, 3.63) is 18.3 Å². The third-order valence-electron chi connectivity index (χ3n) is 2.22. The van der Waals surface area contributed by atoms with Gasteiger partial charge < -0.3 is 9.80 Å². The van der Waals surface area contributed by atoms with Crippen LogP contribution in [0.1, 0.15) is 0 Å². The van der Waals surface area contributed by atoms with Gasteiger partial charge >= 0.3 is 6.03 Å². The number of urea groups is 1. The van der Waals surface area contributed by atoms with Crippen LogP contribution in [0.3, 0.4) is 0 Å². The van der Waals surface area contributed by atoms with E-state index in [9.17, 15) is 4.79 Å². The van der Waals surface area contributed by atoms with Gasteiger partial charge in [0.1, 0.15) is 0 Å². The molecule has 0 atom stereocenters. The van der Waals surface area contributed by atoms with Crippen LogP contribution in [0.25, 0.3) is 0 Å². The molecule has 0 bridgehead atoms. The fourth-order valence-electron chi connectivity index (χ4n) is 1.29. The third kappa shape index (κ3) is 3.99. The van der Waals surface area contributed by atoms with E-state index in [0.29, 0.717) is 12.4 Å². The molecule has 0 spiro atoms. The summed E-state index contributed by atoms with van der Waals surface area (Å²) in [5, 5.41) is 7.77. The molecule has 17 heavy (non-hydrogen) atoms. The molecule has 1 aromatic heterocycles. The Hall–Kier alpha value is -1.69. The Morgan fingerprint density at radius 1 is 1.24 bits per heavy atom. The fourth-order valence-corrected chi connectivity index (χ4v) is 1.29. The van der Waals surface area contributed by atoms with Gasteiger partial charge in [0, 0.05) is 33.4 Å². The predicted molar refractivity (Wildman–Crippen MR) is 67.0 cm³/mol. The minimum Gasteiger partial charge on any atom is -0.330 e. The van der Waals surface area contributed by atoms with Crippen LogP contribution < -0.4 is 4.90 Å². The SMILES string of the molecule is CN(C)CCN(C(=O)N(C)C)c1cccnn1. The molecule has 0 aliphatic carbocycles. The number of anilines is 1. The van der Waals surface area contributed by atoms with Crippen molar-refractivity contribution in [2.24, 2.45) is 0 Å². The van der Waals surface area contributed by atoms with Gasteiger partial charge in [-0.15, -0.1) is 5.10 Å². The van der Waals surface area contributed by atoms with E-state index in [1.165, 1.54) is 4.90 Å². The molecule has 0 aromatic carbocycles. The first kappa shape index (κ1) is 13.4. The summed E-state index contributed by atoms with van der Waals surface area (Å²) in [6.45, 7) is 1.36. The monoisotopic (exact) mass is 237 g/mol. The van der Waals surface area contributed by atoms with E-state index >= 15 is 0 Å². The Morgan fingerprint density at radius 2 is 1.94 bits per heavy atom. The molecule has 1 heterocycles. The molecule has 0 fully saturated rings. The lowest BCUT2D eigenvalue weighted by atomic mass is 10.4. The molecule has 0 aliphatic rings. The van der Waals surface area contributed by atoms with Crippen molar-refractivity contribution in [2.75, 3.05) is 46.2 Å². The second-order valence-corrected chi connectivity index (χ2v) is 4.21. The molecular weight excluding hydrogens is 218 g/mol. The first-order chi connectivity index (χ1) is 8.02. The number of nitrogens with zero attached hydrogens (tertiary/aromatic N) is 5. The minimum atomic E-state index is -0.0904. The van der Waals surface area contributed by atoms with Crippen molar-refractivity contribution in [1.82, 2.24) is 20.0 Å². The molecule has 0 saturated heterocycles. The number of amides is 2. The van der Waals surface area contributed by atoms with Gasteiger partial charge in [-0.1, -0.05) is 0 Å². The molecular formula is C11H19N5O. The van der Waals surface area contributed by atoms with Crippen LogP contribution in [0.5, 0.6) is 0 Å². The summed E-state index contributed by atoms with van der Waals surface area (Å²) >= 11 is 0. The standard InChI is InChI=1S/C11H19N5O/c1-14(2)8-9-16(11(17)15(3)4)10-6-5-7-12-13-10/h5-7H,8-9H2,1-4H3. The fraction of sp³-hybridized carbons (Fsp3) is 0.545. The van der Waals surface area contributed by atoms with Gasteiger partial charge in [-0.3, -0.25) is 4.90 Å². The summed E-state index contributed by atoms with van der Waals surface area (Å²) in [6, 6.07) is 3.46. The quantitative estimate of drug-likeness (QED) is 0.766. The zero-order chi connectivity index (χ0) is 12.8. The molecule has 1 rings (SSSR count). The highest BCUT2D eigenvalue weighted by Gasteiger charge is 2.18. The Bertz CT molecular complexity index is 352. The van der Waals surface area contributed by atoms with Gasteiger partial charge in [-0.25, -0.2) is 4.79 Å². The van der Waals surface area contributed by atoms with Crippen molar-refractivity contribution in [3.63, 3.8) is 0 Å². The highest BCUT2D eigenvalue weighted by Crippen LogP contribution is 2.09. The van der Waals surface area contributed by atoms with Crippen molar-refractivity contribution >= 4 is 11.8 Å². The van der Waals surface area contributed by atoms with E-state index in [1.54, 1.807) is 37.3 Å². The number of likely N-dealkylation sites (N-methyl/N-ethyl adjacent to an activating group) is 1. The molecule has 2 amide bonds. The van der Waals surface area contributed by atoms with Crippen LogP contribution in [0, 0.1) is 0 Å². The number of hydrogen-bond acceptors (Lipinski definition) is 4. The maximum absolute atomic E-state index is 12.0. The molecule has 1 aromatic rings. The summed E-state index contributed by atoms with van der Waals surface area (Å²) < 4.78 is 0. The van der Waals surface area contributed by atoms with Gasteiger partial charge in [0.25, 0.3) is 0 Å². The van der Waals surface area contributed by atoms with Crippen LogP contribution in [0.4, 0.5) is 10.6 Å². The number of rotatable bonds is 4. The molecule has 94 valence electrons. The molecule has 0 saturated carbocycles.